The summed E-state index contributed by atoms with van der Waals surface area (Å²) >= 11 is 0. The third-order valence-corrected chi connectivity index (χ3v) is 2.11. The van der Waals surface area contributed by atoms with E-state index in [0.29, 0.717) is 5.39 Å². The van der Waals surface area contributed by atoms with E-state index in [0.717, 1.165) is 0 Å². The highest BCUT2D eigenvalue weighted by Crippen LogP contribution is 2.06. The van der Waals surface area contributed by atoms with Crippen molar-refractivity contribution in [2.75, 3.05) is 7.11 Å². The number of H-pyrrole nitrogens is 1. The van der Waals surface area contributed by atoms with Gasteiger partial charge in [0.15, 0.2) is 5.65 Å². The summed E-state index contributed by atoms with van der Waals surface area (Å²) in [4.78, 5) is 29.2. The van der Waals surface area contributed by atoms with Gasteiger partial charge in [0.25, 0.3) is 5.56 Å². The molecular formula is C9H9N3O3. The molecule has 0 aliphatic carbocycles. The Bertz CT molecular complexity index is 627. The van der Waals surface area contributed by atoms with Crippen LogP contribution in [-0.2, 0) is 7.05 Å². The number of hydrogen-bond donors (Lipinski definition) is 1. The number of hydrogen-bond acceptors (Lipinski definition) is 4. The van der Waals surface area contributed by atoms with Crippen LogP contribution in [0.4, 0.5) is 0 Å². The van der Waals surface area contributed by atoms with Crippen molar-refractivity contribution in [1.82, 2.24) is 14.5 Å². The minimum atomic E-state index is -0.301. The molecule has 0 aliphatic rings. The lowest BCUT2D eigenvalue weighted by Gasteiger charge is -2.05. The van der Waals surface area contributed by atoms with Crippen LogP contribution >= 0.6 is 0 Å². The SMILES string of the molecule is COc1nc2[nH]c(=O)ccc2c(=O)n1C. The zero-order valence-electron chi connectivity index (χ0n) is 8.27. The van der Waals surface area contributed by atoms with E-state index in [9.17, 15) is 9.59 Å². The molecule has 6 nitrogen and oxygen atoms in total. The third kappa shape index (κ3) is 1.39. The van der Waals surface area contributed by atoms with Crippen molar-refractivity contribution < 1.29 is 4.74 Å². The summed E-state index contributed by atoms with van der Waals surface area (Å²) in [5.74, 6) is 0. The summed E-state index contributed by atoms with van der Waals surface area (Å²) in [5.41, 5.74) is -0.319. The third-order valence-electron chi connectivity index (χ3n) is 2.11. The van der Waals surface area contributed by atoms with Gasteiger partial charge in [0.05, 0.1) is 12.5 Å². The molecule has 2 rings (SSSR count). The fraction of sp³-hybridized carbons (Fsp3) is 0.222. The summed E-state index contributed by atoms with van der Waals surface area (Å²) < 4.78 is 6.18. The number of ether oxygens (including phenoxy) is 1. The van der Waals surface area contributed by atoms with Crippen molar-refractivity contribution in [2.24, 2.45) is 7.05 Å². The molecule has 78 valence electrons. The first-order chi connectivity index (χ1) is 7.13. The van der Waals surface area contributed by atoms with Crippen LogP contribution in [0.3, 0.4) is 0 Å². The Morgan fingerprint density at radius 2 is 2.13 bits per heavy atom. The second kappa shape index (κ2) is 3.23. The van der Waals surface area contributed by atoms with Crippen molar-refractivity contribution in [3.63, 3.8) is 0 Å². The average molecular weight is 207 g/mol. The maximum Gasteiger partial charge on any atom is 0.300 e. The number of methoxy groups -OCH3 is 1. The summed E-state index contributed by atoms with van der Waals surface area (Å²) in [6.07, 6.45) is 0. The topological polar surface area (TPSA) is 77.0 Å². The number of fused-ring (bicyclic) bond motifs is 1. The number of nitrogens with one attached hydrogen (secondary N) is 1. The molecule has 1 N–H and O–H groups in total. The van der Waals surface area contributed by atoms with Crippen LogP contribution in [-0.4, -0.2) is 21.6 Å². The van der Waals surface area contributed by atoms with E-state index in [4.69, 9.17) is 4.74 Å². The first-order valence-electron chi connectivity index (χ1n) is 4.27. The molecule has 0 atom stereocenters. The highest BCUT2D eigenvalue weighted by molar-refractivity contribution is 5.73. The molecule has 0 saturated carbocycles. The predicted molar refractivity (Wildman–Crippen MR) is 54.2 cm³/mol. The van der Waals surface area contributed by atoms with Crippen LogP contribution in [0.25, 0.3) is 11.0 Å². The number of rotatable bonds is 1. The summed E-state index contributed by atoms with van der Waals surface area (Å²) in [6, 6.07) is 2.90. The molecule has 0 amide bonds. The van der Waals surface area contributed by atoms with Crippen LogP contribution < -0.4 is 15.9 Å². The smallest absolute Gasteiger partial charge is 0.300 e. The molecule has 6 heteroatoms. The Kier molecular flexibility index (Phi) is 2.03. The van der Waals surface area contributed by atoms with E-state index < -0.39 is 0 Å². The quantitative estimate of drug-likeness (QED) is 0.692. The van der Waals surface area contributed by atoms with Crippen molar-refractivity contribution in [3.8, 4) is 6.01 Å². The van der Waals surface area contributed by atoms with Crippen LogP contribution in [0.1, 0.15) is 0 Å². The monoisotopic (exact) mass is 207 g/mol. The summed E-state index contributed by atoms with van der Waals surface area (Å²) in [7, 11) is 2.97. The van der Waals surface area contributed by atoms with Gasteiger partial charge in [-0.1, -0.05) is 0 Å². The summed E-state index contributed by atoms with van der Waals surface area (Å²) in [6.45, 7) is 0. The Labute approximate surface area is 84.1 Å². The number of aromatic nitrogens is 3. The lowest BCUT2D eigenvalue weighted by molar-refractivity contribution is 0.359. The van der Waals surface area contributed by atoms with E-state index in [-0.39, 0.29) is 22.8 Å². The van der Waals surface area contributed by atoms with Crippen molar-refractivity contribution in [2.45, 2.75) is 0 Å². The maximum atomic E-state index is 11.7. The summed E-state index contributed by atoms with van der Waals surface area (Å²) in [5, 5.41) is 0.359. The minimum Gasteiger partial charge on any atom is -0.468 e. The largest absolute Gasteiger partial charge is 0.468 e. The van der Waals surface area contributed by atoms with E-state index in [1.54, 1.807) is 7.05 Å². The standard InChI is InChI=1S/C9H9N3O3/c1-12-8(14)5-3-4-6(13)10-7(5)11-9(12)15-2/h3-4H,1-2H3,(H,10,13). The molecule has 0 spiro atoms. The molecule has 0 bridgehead atoms. The lowest BCUT2D eigenvalue weighted by atomic mass is 10.3. The highest BCUT2D eigenvalue weighted by atomic mass is 16.5. The Balaban J connectivity index is 2.97. The van der Waals surface area contributed by atoms with Gasteiger partial charge in [0.1, 0.15) is 0 Å². The maximum absolute atomic E-state index is 11.7. The van der Waals surface area contributed by atoms with Gasteiger partial charge in [-0.15, -0.1) is 0 Å². The average Bonchev–Trinajstić information content (AvgIpc) is 2.23. The van der Waals surface area contributed by atoms with Gasteiger partial charge in [0, 0.05) is 13.1 Å². The van der Waals surface area contributed by atoms with Crippen molar-refractivity contribution in [3.05, 3.63) is 32.8 Å². The van der Waals surface area contributed by atoms with Gasteiger partial charge >= 0.3 is 6.01 Å². The van der Waals surface area contributed by atoms with Crippen LogP contribution in [0.15, 0.2) is 21.7 Å². The second-order valence-electron chi connectivity index (χ2n) is 3.05. The fourth-order valence-electron chi connectivity index (χ4n) is 1.35. The lowest BCUT2D eigenvalue weighted by Crippen LogP contribution is -2.21. The molecule has 0 aliphatic heterocycles. The molecule has 15 heavy (non-hydrogen) atoms. The molecule has 0 radical (unpaired) electrons. The normalized spacial score (nSPS) is 10.5. The van der Waals surface area contributed by atoms with Gasteiger partial charge in [-0.05, 0) is 6.07 Å². The van der Waals surface area contributed by atoms with Crippen LogP contribution in [0, 0.1) is 0 Å². The Hall–Kier alpha value is -2.11. The van der Waals surface area contributed by atoms with Crippen molar-refractivity contribution >= 4 is 11.0 Å². The molecule has 0 unspecified atom stereocenters. The minimum absolute atomic E-state index is 0.161. The molecule has 0 fully saturated rings. The second-order valence-corrected chi connectivity index (χ2v) is 3.05. The highest BCUT2D eigenvalue weighted by Gasteiger charge is 2.08. The molecule has 2 aromatic rings. The van der Waals surface area contributed by atoms with Gasteiger partial charge in [0.2, 0.25) is 5.56 Å². The number of nitrogens with zero attached hydrogens (tertiary/aromatic N) is 2. The predicted octanol–water partition coefficient (Wildman–Crippen LogP) is -0.370. The number of aromatic amines is 1. The van der Waals surface area contributed by atoms with Gasteiger partial charge in [-0.2, -0.15) is 4.98 Å². The molecule has 0 saturated heterocycles. The van der Waals surface area contributed by atoms with E-state index >= 15 is 0 Å². The van der Waals surface area contributed by atoms with Gasteiger partial charge < -0.3 is 9.72 Å². The number of pyridine rings is 1. The molecular weight excluding hydrogens is 198 g/mol. The Morgan fingerprint density at radius 3 is 2.80 bits per heavy atom. The van der Waals surface area contributed by atoms with Crippen LogP contribution in [0.2, 0.25) is 0 Å². The van der Waals surface area contributed by atoms with E-state index in [1.165, 1.54) is 23.8 Å². The van der Waals surface area contributed by atoms with Gasteiger partial charge in [-0.25, -0.2) is 0 Å². The zero-order valence-corrected chi connectivity index (χ0v) is 8.27. The van der Waals surface area contributed by atoms with E-state index in [1.807, 2.05) is 0 Å². The fourth-order valence-corrected chi connectivity index (χ4v) is 1.35. The molecule has 2 heterocycles. The Morgan fingerprint density at radius 1 is 1.40 bits per heavy atom. The molecule has 2 aromatic heterocycles. The van der Waals surface area contributed by atoms with Crippen molar-refractivity contribution in [1.29, 1.82) is 0 Å². The zero-order chi connectivity index (χ0) is 11.0. The van der Waals surface area contributed by atoms with E-state index in [2.05, 4.69) is 9.97 Å². The first-order valence-corrected chi connectivity index (χ1v) is 4.27. The van der Waals surface area contributed by atoms with Crippen LogP contribution in [0.5, 0.6) is 6.01 Å². The molecule has 0 aromatic carbocycles. The van der Waals surface area contributed by atoms with Gasteiger partial charge in [-0.3, -0.25) is 14.2 Å². The first kappa shape index (κ1) is 9.45.